The van der Waals surface area contributed by atoms with Gasteiger partial charge in [-0.1, -0.05) is 30.3 Å². The van der Waals surface area contributed by atoms with Crippen LogP contribution in [0.5, 0.6) is 0 Å². The van der Waals surface area contributed by atoms with Gasteiger partial charge in [0.05, 0.1) is 18.0 Å². The zero-order valence-corrected chi connectivity index (χ0v) is 13.4. The lowest BCUT2D eigenvalue weighted by Crippen LogP contribution is -2.16. The molecule has 23 heavy (non-hydrogen) atoms. The molecule has 0 radical (unpaired) electrons. The quantitative estimate of drug-likeness (QED) is 0.808. The van der Waals surface area contributed by atoms with Gasteiger partial charge in [0.25, 0.3) is 5.56 Å². The van der Waals surface area contributed by atoms with Gasteiger partial charge in [0.2, 0.25) is 0 Å². The Kier molecular flexibility index (Phi) is 3.88. The van der Waals surface area contributed by atoms with Crippen LogP contribution in [0.3, 0.4) is 0 Å². The van der Waals surface area contributed by atoms with Gasteiger partial charge >= 0.3 is 0 Å². The Morgan fingerprint density at radius 3 is 2.43 bits per heavy atom. The van der Waals surface area contributed by atoms with Gasteiger partial charge in [0, 0.05) is 37.5 Å². The highest BCUT2D eigenvalue weighted by molar-refractivity contribution is 5.83. The molecule has 5 nitrogen and oxygen atoms in total. The van der Waals surface area contributed by atoms with E-state index in [4.69, 9.17) is 0 Å². The zero-order valence-electron chi connectivity index (χ0n) is 13.4. The van der Waals surface area contributed by atoms with E-state index in [2.05, 4.69) is 5.10 Å². The number of pyridine rings is 1. The number of aryl methyl sites for hydroxylation is 2. The van der Waals surface area contributed by atoms with E-state index >= 15 is 0 Å². The van der Waals surface area contributed by atoms with Crippen molar-refractivity contribution in [1.29, 1.82) is 0 Å². The van der Waals surface area contributed by atoms with E-state index in [1.54, 1.807) is 48.7 Å². The van der Waals surface area contributed by atoms with Gasteiger partial charge in [-0.15, -0.1) is 0 Å². The van der Waals surface area contributed by atoms with E-state index in [-0.39, 0.29) is 5.56 Å². The van der Waals surface area contributed by atoms with Crippen molar-refractivity contribution < 1.29 is 5.11 Å². The second kappa shape index (κ2) is 5.85. The number of rotatable bonds is 3. The summed E-state index contributed by atoms with van der Waals surface area (Å²) < 4.78 is 3.21. The maximum Gasteiger partial charge on any atom is 0.250 e. The van der Waals surface area contributed by atoms with Crippen molar-refractivity contribution in [3.05, 3.63) is 64.8 Å². The van der Waals surface area contributed by atoms with E-state index in [1.165, 1.54) is 0 Å². The Balaban J connectivity index is 2.32. The number of aromatic nitrogens is 3. The fourth-order valence-electron chi connectivity index (χ4n) is 2.85. The molecule has 3 rings (SSSR count). The number of hydrogen-bond acceptors (Lipinski definition) is 3. The van der Waals surface area contributed by atoms with Crippen LogP contribution in [0.25, 0.3) is 22.3 Å². The van der Waals surface area contributed by atoms with Gasteiger partial charge in [-0.2, -0.15) is 5.10 Å². The minimum Gasteiger partial charge on any atom is -0.387 e. The van der Waals surface area contributed by atoms with Crippen molar-refractivity contribution in [2.75, 3.05) is 0 Å². The van der Waals surface area contributed by atoms with E-state index in [1.807, 2.05) is 30.3 Å². The predicted molar refractivity (Wildman–Crippen MR) is 90.0 cm³/mol. The van der Waals surface area contributed by atoms with Crippen LogP contribution in [0.1, 0.15) is 18.7 Å². The summed E-state index contributed by atoms with van der Waals surface area (Å²) in [6.07, 6.45) is 2.88. The molecule has 1 atom stereocenters. The summed E-state index contributed by atoms with van der Waals surface area (Å²) >= 11 is 0. The zero-order chi connectivity index (χ0) is 16.6. The summed E-state index contributed by atoms with van der Waals surface area (Å²) in [5.41, 5.74) is 4.15. The largest absolute Gasteiger partial charge is 0.387 e. The molecule has 2 aromatic heterocycles. The summed E-state index contributed by atoms with van der Waals surface area (Å²) in [7, 11) is 3.52. The SMILES string of the molecule is CC(O)c1c(-c2cn(C)c(=O)cc2-c2ccccc2)cnn1C. The van der Waals surface area contributed by atoms with Gasteiger partial charge in [-0.3, -0.25) is 9.48 Å². The molecule has 1 aromatic carbocycles. The first kappa shape index (κ1) is 15.2. The maximum absolute atomic E-state index is 12.1. The Hall–Kier alpha value is -2.66. The van der Waals surface area contributed by atoms with Crippen LogP contribution < -0.4 is 5.56 Å². The molecule has 0 bridgehead atoms. The van der Waals surface area contributed by atoms with Gasteiger partial charge in [-0.05, 0) is 18.1 Å². The normalized spacial score (nSPS) is 12.3. The number of benzene rings is 1. The minimum atomic E-state index is -0.654. The molecule has 0 aliphatic carbocycles. The average Bonchev–Trinajstić information content (AvgIpc) is 2.92. The highest BCUT2D eigenvalue weighted by Crippen LogP contribution is 2.34. The molecule has 0 saturated heterocycles. The van der Waals surface area contributed by atoms with Crippen LogP contribution in [0, 0.1) is 0 Å². The summed E-state index contributed by atoms with van der Waals surface area (Å²) in [6.45, 7) is 1.71. The lowest BCUT2D eigenvalue weighted by atomic mass is 9.95. The van der Waals surface area contributed by atoms with E-state index in [0.717, 1.165) is 27.9 Å². The van der Waals surface area contributed by atoms with E-state index < -0.39 is 6.10 Å². The van der Waals surface area contributed by atoms with Gasteiger partial charge in [0.15, 0.2) is 0 Å². The second-order valence-electron chi connectivity index (χ2n) is 5.66. The molecule has 2 heterocycles. The molecular formula is C18H19N3O2. The topological polar surface area (TPSA) is 60.1 Å². The number of nitrogens with zero attached hydrogens (tertiary/aromatic N) is 3. The monoisotopic (exact) mass is 309 g/mol. The van der Waals surface area contributed by atoms with Crippen molar-refractivity contribution in [2.45, 2.75) is 13.0 Å². The summed E-state index contributed by atoms with van der Waals surface area (Å²) in [5.74, 6) is 0. The van der Waals surface area contributed by atoms with Crippen molar-refractivity contribution in [3.63, 3.8) is 0 Å². The van der Waals surface area contributed by atoms with Crippen LogP contribution in [0.15, 0.2) is 53.6 Å². The van der Waals surface area contributed by atoms with E-state index in [0.29, 0.717) is 0 Å². The smallest absolute Gasteiger partial charge is 0.250 e. The van der Waals surface area contributed by atoms with Crippen molar-refractivity contribution in [3.8, 4) is 22.3 Å². The lowest BCUT2D eigenvalue weighted by Gasteiger charge is -2.14. The molecule has 1 N–H and O–H groups in total. The van der Waals surface area contributed by atoms with E-state index in [9.17, 15) is 9.90 Å². The summed E-state index contributed by atoms with van der Waals surface area (Å²) in [4.78, 5) is 12.1. The summed E-state index contributed by atoms with van der Waals surface area (Å²) in [6, 6.07) is 11.4. The minimum absolute atomic E-state index is 0.0740. The van der Waals surface area contributed by atoms with Crippen LogP contribution >= 0.6 is 0 Å². The van der Waals surface area contributed by atoms with Crippen LogP contribution in [0.4, 0.5) is 0 Å². The first-order valence-electron chi connectivity index (χ1n) is 7.45. The van der Waals surface area contributed by atoms with Crippen molar-refractivity contribution in [1.82, 2.24) is 14.3 Å². The predicted octanol–water partition coefficient (Wildman–Crippen LogP) is 2.51. The molecule has 0 amide bonds. The average molecular weight is 309 g/mol. The third kappa shape index (κ3) is 2.71. The molecule has 0 aliphatic heterocycles. The Bertz CT molecular complexity index is 892. The molecule has 118 valence electrons. The summed E-state index contributed by atoms with van der Waals surface area (Å²) in [5, 5.41) is 14.4. The molecule has 0 spiro atoms. The molecular weight excluding hydrogens is 290 g/mol. The van der Waals surface area contributed by atoms with Crippen molar-refractivity contribution >= 4 is 0 Å². The number of aliphatic hydroxyl groups excluding tert-OH is 1. The third-order valence-corrected chi connectivity index (χ3v) is 3.98. The fraction of sp³-hybridized carbons (Fsp3) is 0.222. The number of hydrogen-bond donors (Lipinski definition) is 1. The van der Waals surface area contributed by atoms with Crippen LogP contribution in [0.2, 0.25) is 0 Å². The highest BCUT2D eigenvalue weighted by atomic mass is 16.3. The first-order valence-corrected chi connectivity index (χ1v) is 7.45. The Morgan fingerprint density at radius 1 is 1.09 bits per heavy atom. The maximum atomic E-state index is 12.1. The van der Waals surface area contributed by atoms with Crippen molar-refractivity contribution in [2.24, 2.45) is 14.1 Å². The van der Waals surface area contributed by atoms with Crippen LogP contribution in [-0.4, -0.2) is 19.5 Å². The molecule has 1 unspecified atom stereocenters. The Morgan fingerprint density at radius 2 is 1.78 bits per heavy atom. The van der Waals surface area contributed by atoms with Gasteiger partial charge in [-0.25, -0.2) is 0 Å². The molecule has 0 fully saturated rings. The standard InChI is InChI=1S/C18H19N3O2/c1-12(22)18-15(10-19-21(18)3)16-11-20(2)17(23)9-14(16)13-7-5-4-6-8-13/h4-12,22H,1-3H3. The molecule has 5 heteroatoms. The Labute approximate surface area is 134 Å². The third-order valence-electron chi connectivity index (χ3n) is 3.98. The molecule has 0 aliphatic rings. The van der Waals surface area contributed by atoms with Gasteiger partial charge < -0.3 is 9.67 Å². The second-order valence-corrected chi connectivity index (χ2v) is 5.66. The fourth-order valence-corrected chi connectivity index (χ4v) is 2.85. The highest BCUT2D eigenvalue weighted by Gasteiger charge is 2.19. The number of aliphatic hydroxyl groups is 1. The lowest BCUT2D eigenvalue weighted by molar-refractivity contribution is 0.189. The van der Waals surface area contributed by atoms with Crippen LogP contribution in [-0.2, 0) is 14.1 Å². The first-order chi connectivity index (χ1) is 11.0. The molecule has 0 saturated carbocycles. The van der Waals surface area contributed by atoms with Gasteiger partial charge in [0.1, 0.15) is 0 Å². The molecule has 3 aromatic rings.